The zero-order chi connectivity index (χ0) is 17.5. The van der Waals surface area contributed by atoms with Crippen molar-refractivity contribution in [2.24, 2.45) is 11.7 Å². The van der Waals surface area contributed by atoms with Gasteiger partial charge in [-0.3, -0.25) is 9.59 Å². The number of benzene rings is 1. The third-order valence-corrected chi connectivity index (χ3v) is 4.20. The third-order valence-electron chi connectivity index (χ3n) is 4.20. The summed E-state index contributed by atoms with van der Waals surface area (Å²) in [4.78, 5) is 25.9. The van der Waals surface area contributed by atoms with E-state index in [9.17, 15) is 18.4 Å². The van der Waals surface area contributed by atoms with E-state index in [0.29, 0.717) is 26.2 Å². The molecule has 0 radical (unpaired) electrons. The van der Waals surface area contributed by atoms with Crippen LogP contribution in [-0.2, 0) is 16.0 Å². The first-order valence-electron chi connectivity index (χ1n) is 8.20. The maximum Gasteiger partial charge on any atom is 0.224 e. The molecule has 1 aliphatic rings. The number of hydrogen-bond donors (Lipinski definition) is 2. The molecule has 2 amide bonds. The van der Waals surface area contributed by atoms with Gasteiger partial charge in [0.05, 0.1) is 5.92 Å². The number of piperidine rings is 1. The van der Waals surface area contributed by atoms with Crippen molar-refractivity contribution >= 4 is 24.2 Å². The molecular formula is C17H24ClF2N3O2. The van der Waals surface area contributed by atoms with Crippen molar-refractivity contribution in [2.45, 2.75) is 25.7 Å². The Kier molecular flexibility index (Phi) is 8.78. The lowest BCUT2D eigenvalue weighted by Gasteiger charge is -2.32. The minimum atomic E-state index is -0.520. The molecule has 1 unspecified atom stereocenters. The first-order valence-corrected chi connectivity index (χ1v) is 8.20. The van der Waals surface area contributed by atoms with Gasteiger partial charge in [0, 0.05) is 32.6 Å². The van der Waals surface area contributed by atoms with E-state index in [-0.39, 0.29) is 48.5 Å². The molecule has 5 nitrogen and oxygen atoms in total. The molecular weight excluding hydrogens is 352 g/mol. The van der Waals surface area contributed by atoms with Crippen molar-refractivity contribution in [3.63, 3.8) is 0 Å². The molecule has 1 aliphatic heterocycles. The molecule has 1 aromatic rings. The summed E-state index contributed by atoms with van der Waals surface area (Å²) in [6.07, 6.45) is 1.72. The second-order valence-electron chi connectivity index (χ2n) is 5.99. The summed E-state index contributed by atoms with van der Waals surface area (Å²) in [5, 5.41) is 2.74. The summed E-state index contributed by atoms with van der Waals surface area (Å²) in [5.41, 5.74) is 5.56. The maximum absolute atomic E-state index is 13.6. The predicted molar refractivity (Wildman–Crippen MR) is 93.3 cm³/mol. The Morgan fingerprint density at radius 1 is 1.32 bits per heavy atom. The highest BCUT2D eigenvalue weighted by Gasteiger charge is 2.28. The Morgan fingerprint density at radius 2 is 2.08 bits per heavy atom. The Labute approximate surface area is 152 Å². The Morgan fingerprint density at radius 3 is 2.80 bits per heavy atom. The molecule has 0 spiro atoms. The third kappa shape index (κ3) is 6.25. The lowest BCUT2D eigenvalue weighted by atomic mass is 9.96. The monoisotopic (exact) mass is 375 g/mol. The molecule has 0 saturated carbocycles. The highest BCUT2D eigenvalue weighted by Crippen LogP contribution is 2.19. The van der Waals surface area contributed by atoms with Gasteiger partial charge in [0.1, 0.15) is 11.6 Å². The van der Waals surface area contributed by atoms with Crippen molar-refractivity contribution in [3.8, 4) is 0 Å². The van der Waals surface area contributed by atoms with Gasteiger partial charge in [-0.2, -0.15) is 0 Å². The molecule has 1 heterocycles. The minimum absolute atomic E-state index is 0. The van der Waals surface area contributed by atoms with Crippen molar-refractivity contribution in [2.75, 3.05) is 26.2 Å². The van der Waals surface area contributed by atoms with Gasteiger partial charge in [0.15, 0.2) is 0 Å². The number of nitrogens with one attached hydrogen (secondary N) is 1. The van der Waals surface area contributed by atoms with E-state index in [1.165, 1.54) is 0 Å². The normalized spacial score (nSPS) is 16.9. The summed E-state index contributed by atoms with van der Waals surface area (Å²) < 4.78 is 26.7. The van der Waals surface area contributed by atoms with Crippen LogP contribution in [0.1, 0.15) is 24.8 Å². The van der Waals surface area contributed by atoms with Crippen LogP contribution >= 0.6 is 12.4 Å². The van der Waals surface area contributed by atoms with Crippen LogP contribution in [-0.4, -0.2) is 42.9 Å². The van der Waals surface area contributed by atoms with Gasteiger partial charge in [-0.15, -0.1) is 12.4 Å². The number of nitrogens with zero attached hydrogens (tertiary/aromatic N) is 1. The van der Waals surface area contributed by atoms with E-state index >= 15 is 0 Å². The van der Waals surface area contributed by atoms with Gasteiger partial charge in [-0.1, -0.05) is 0 Å². The molecule has 8 heteroatoms. The van der Waals surface area contributed by atoms with Gasteiger partial charge >= 0.3 is 0 Å². The summed E-state index contributed by atoms with van der Waals surface area (Å²) >= 11 is 0. The van der Waals surface area contributed by atoms with Crippen molar-refractivity contribution < 1.29 is 18.4 Å². The van der Waals surface area contributed by atoms with Crippen LogP contribution in [0.4, 0.5) is 8.78 Å². The lowest BCUT2D eigenvalue weighted by molar-refractivity contribution is -0.135. The molecule has 1 atom stereocenters. The molecule has 0 aromatic heterocycles. The number of halogens is 3. The van der Waals surface area contributed by atoms with E-state index in [0.717, 1.165) is 31.0 Å². The second-order valence-corrected chi connectivity index (χ2v) is 5.99. The Balaban J connectivity index is 0.00000312. The van der Waals surface area contributed by atoms with Crippen LogP contribution in [0.25, 0.3) is 0 Å². The number of likely N-dealkylation sites (tertiary alicyclic amines) is 1. The van der Waals surface area contributed by atoms with Crippen molar-refractivity contribution in [1.29, 1.82) is 0 Å². The van der Waals surface area contributed by atoms with E-state index < -0.39 is 11.6 Å². The summed E-state index contributed by atoms with van der Waals surface area (Å²) in [6, 6.07) is 3.23. The summed E-state index contributed by atoms with van der Waals surface area (Å²) in [5.74, 6) is -1.50. The number of rotatable bonds is 6. The standard InChI is InChI=1S/C17H23F2N3O2.ClH/c18-14-4-5-15(19)12(10-14)3-6-16(23)22-9-1-2-13(11-22)17(24)21-8-7-20;/h4-5,10,13H,1-3,6-9,11,20H2,(H,21,24);1H. The fourth-order valence-electron chi connectivity index (χ4n) is 2.89. The van der Waals surface area contributed by atoms with Gasteiger partial charge in [-0.05, 0) is 43.0 Å². The first-order chi connectivity index (χ1) is 11.5. The van der Waals surface area contributed by atoms with Crippen molar-refractivity contribution in [3.05, 3.63) is 35.4 Å². The molecule has 3 N–H and O–H groups in total. The molecule has 25 heavy (non-hydrogen) atoms. The molecule has 1 saturated heterocycles. The van der Waals surface area contributed by atoms with Crippen molar-refractivity contribution in [1.82, 2.24) is 10.2 Å². The fourth-order valence-corrected chi connectivity index (χ4v) is 2.89. The molecule has 0 bridgehead atoms. The number of aryl methyl sites for hydroxylation is 1. The highest BCUT2D eigenvalue weighted by atomic mass is 35.5. The van der Waals surface area contributed by atoms with Crippen LogP contribution < -0.4 is 11.1 Å². The smallest absolute Gasteiger partial charge is 0.224 e. The molecule has 1 aromatic carbocycles. The maximum atomic E-state index is 13.6. The van der Waals surface area contributed by atoms with Gasteiger partial charge in [0.2, 0.25) is 11.8 Å². The zero-order valence-electron chi connectivity index (χ0n) is 14.0. The van der Waals surface area contributed by atoms with Crippen LogP contribution in [0.3, 0.4) is 0 Å². The van der Waals surface area contributed by atoms with E-state index in [1.807, 2.05) is 0 Å². The molecule has 0 aliphatic carbocycles. The van der Waals surface area contributed by atoms with Gasteiger partial charge < -0.3 is 16.0 Å². The average Bonchev–Trinajstić information content (AvgIpc) is 2.60. The van der Waals surface area contributed by atoms with E-state index in [2.05, 4.69) is 5.32 Å². The predicted octanol–water partition coefficient (Wildman–Crippen LogP) is 1.63. The highest BCUT2D eigenvalue weighted by molar-refractivity contribution is 5.85. The molecule has 1 fully saturated rings. The minimum Gasteiger partial charge on any atom is -0.355 e. The second kappa shape index (κ2) is 10.3. The zero-order valence-corrected chi connectivity index (χ0v) is 14.8. The number of hydrogen-bond acceptors (Lipinski definition) is 3. The topological polar surface area (TPSA) is 75.4 Å². The van der Waals surface area contributed by atoms with E-state index in [4.69, 9.17) is 5.73 Å². The van der Waals surface area contributed by atoms with E-state index in [1.54, 1.807) is 4.90 Å². The Hall–Kier alpha value is -1.73. The van der Waals surface area contributed by atoms with Crippen LogP contribution in [0.2, 0.25) is 0 Å². The average molecular weight is 376 g/mol. The SMILES string of the molecule is Cl.NCCNC(=O)C1CCCN(C(=O)CCc2cc(F)ccc2F)C1. The summed E-state index contributed by atoms with van der Waals surface area (Å²) in [6.45, 7) is 1.74. The molecule has 2 rings (SSSR count). The number of carbonyl (C=O) groups is 2. The number of nitrogens with two attached hydrogens (primary N) is 1. The Bertz CT molecular complexity index is 601. The largest absolute Gasteiger partial charge is 0.355 e. The van der Waals surface area contributed by atoms with Gasteiger partial charge in [-0.25, -0.2) is 8.78 Å². The van der Waals surface area contributed by atoms with Gasteiger partial charge in [0.25, 0.3) is 0 Å². The van der Waals surface area contributed by atoms with Crippen LogP contribution in [0.15, 0.2) is 18.2 Å². The van der Waals surface area contributed by atoms with Crippen LogP contribution in [0.5, 0.6) is 0 Å². The fraction of sp³-hybridized carbons (Fsp3) is 0.529. The quantitative estimate of drug-likeness (QED) is 0.793. The number of carbonyl (C=O) groups excluding carboxylic acids is 2. The van der Waals surface area contributed by atoms with Crippen LogP contribution in [0, 0.1) is 17.6 Å². The molecule has 140 valence electrons. The lowest BCUT2D eigenvalue weighted by Crippen LogP contribution is -2.46. The summed E-state index contributed by atoms with van der Waals surface area (Å²) in [7, 11) is 0. The number of amides is 2. The first kappa shape index (κ1) is 21.3.